The van der Waals surface area contributed by atoms with Gasteiger partial charge in [-0.05, 0) is 42.0 Å². The minimum Gasteiger partial charge on any atom is -0.384 e. The van der Waals surface area contributed by atoms with Crippen molar-refractivity contribution in [2.24, 2.45) is 11.3 Å². The Kier molecular flexibility index (Phi) is 5.99. The molecule has 3 nitrogen and oxygen atoms in total. The molecule has 0 radical (unpaired) electrons. The number of carbonyl (C=O) groups excluding carboxylic acids is 1. The zero-order chi connectivity index (χ0) is 16.0. The van der Waals surface area contributed by atoms with Crippen LogP contribution in [0.5, 0.6) is 0 Å². The van der Waals surface area contributed by atoms with Crippen molar-refractivity contribution in [3.63, 3.8) is 0 Å². The van der Waals surface area contributed by atoms with Crippen LogP contribution in [0.4, 0.5) is 0 Å². The molecule has 0 saturated carbocycles. The summed E-state index contributed by atoms with van der Waals surface area (Å²) in [6, 6.07) is 5.42. The first kappa shape index (κ1) is 17.3. The fourth-order valence-electron chi connectivity index (χ4n) is 1.73. The number of aryl methyl sites for hydroxylation is 1. The summed E-state index contributed by atoms with van der Waals surface area (Å²) in [6.07, 6.45) is 0. The molecule has 0 saturated heterocycles. The Morgan fingerprint density at radius 3 is 2.57 bits per heavy atom. The smallest absolute Gasteiger partial charge is 0.251 e. The van der Waals surface area contributed by atoms with Crippen LogP contribution in [0, 0.1) is 30.1 Å². The lowest BCUT2D eigenvalue weighted by molar-refractivity contribution is 0.0937. The van der Waals surface area contributed by atoms with Gasteiger partial charge in [0.15, 0.2) is 0 Å². The molecule has 2 N–H and O–H groups in total. The summed E-state index contributed by atoms with van der Waals surface area (Å²) in [4.78, 5) is 12.2. The number of aliphatic hydroxyl groups excluding tert-OH is 1. The summed E-state index contributed by atoms with van der Waals surface area (Å²) >= 11 is 0. The maximum Gasteiger partial charge on any atom is 0.251 e. The van der Waals surface area contributed by atoms with Gasteiger partial charge in [-0.3, -0.25) is 4.79 Å². The molecule has 0 aromatic heterocycles. The van der Waals surface area contributed by atoms with Crippen LogP contribution in [0.3, 0.4) is 0 Å². The second-order valence-electron chi connectivity index (χ2n) is 6.47. The van der Waals surface area contributed by atoms with E-state index < -0.39 is 0 Å². The van der Waals surface area contributed by atoms with Crippen LogP contribution in [0.2, 0.25) is 0 Å². The van der Waals surface area contributed by atoms with Crippen LogP contribution in [0.25, 0.3) is 0 Å². The molecule has 114 valence electrons. The molecule has 0 aliphatic carbocycles. The third kappa shape index (κ3) is 5.24. The van der Waals surface area contributed by atoms with Crippen LogP contribution >= 0.6 is 0 Å². The van der Waals surface area contributed by atoms with Crippen molar-refractivity contribution in [3.05, 3.63) is 34.9 Å². The van der Waals surface area contributed by atoms with E-state index in [4.69, 9.17) is 5.11 Å². The number of amides is 1. The minimum absolute atomic E-state index is 0.0594. The fraction of sp³-hybridized carbons (Fsp3) is 0.500. The molecule has 3 heteroatoms. The van der Waals surface area contributed by atoms with E-state index in [1.165, 1.54) is 0 Å². The Morgan fingerprint density at radius 1 is 1.38 bits per heavy atom. The molecule has 0 heterocycles. The molecule has 1 unspecified atom stereocenters. The molecule has 1 amide bonds. The zero-order valence-electron chi connectivity index (χ0n) is 13.6. The van der Waals surface area contributed by atoms with Gasteiger partial charge in [0.1, 0.15) is 6.61 Å². The normalized spacial score (nSPS) is 12.3. The quantitative estimate of drug-likeness (QED) is 0.840. The van der Waals surface area contributed by atoms with Gasteiger partial charge in [-0.2, -0.15) is 0 Å². The standard InChI is InChI=1S/C18H25NO2/c1-13-11-16(9-8-15(13)7-6-10-20)17(21)19-12-14(2)18(3,4)5/h8-9,11,14,20H,10,12H2,1-5H3,(H,19,21). The monoisotopic (exact) mass is 287 g/mol. The molecule has 0 aliphatic heterocycles. The minimum atomic E-state index is -0.160. The highest BCUT2D eigenvalue weighted by atomic mass is 16.2. The molecule has 0 fully saturated rings. The van der Waals surface area contributed by atoms with Gasteiger partial charge in [0.2, 0.25) is 0 Å². The average Bonchev–Trinajstić information content (AvgIpc) is 2.41. The highest BCUT2D eigenvalue weighted by Gasteiger charge is 2.20. The van der Waals surface area contributed by atoms with Gasteiger partial charge in [-0.25, -0.2) is 0 Å². The van der Waals surface area contributed by atoms with Gasteiger partial charge in [-0.1, -0.05) is 39.5 Å². The Bertz CT molecular complexity index is 559. The van der Waals surface area contributed by atoms with Gasteiger partial charge in [-0.15, -0.1) is 0 Å². The highest BCUT2D eigenvalue weighted by molar-refractivity contribution is 5.94. The van der Waals surface area contributed by atoms with E-state index in [1.54, 1.807) is 6.07 Å². The Balaban J connectivity index is 2.74. The van der Waals surface area contributed by atoms with Crippen LogP contribution in [0.15, 0.2) is 18.2 Å². The first-order valence-electron chi connectivity index (χ1n) is 7.24. The Morgan fingerprint density at radius 2 is 2.05 bits per heavy atom. The molecule has 1 atom stereocenters. The predicted octanol–water partition coefficient (Wildman–Crippen LogP) is 2.75. The van der Waals surface area contributed by atoms with Crippen LogP contribution < -0.4 is 5.32 Å². The van der Waals surface area contributed by atoms with Crippen molar-refractivity contribution in [2.75, 3.05) is 13.2 Å². The van der Waals surface area contributed by atoms with Crippen LogP contribution in [0.1, 0.15) is 49.2 Å². The molecular formula is C18H25NO2. The van der Waals surface area contributed by atoms with Crippen molar-refractivity contribution in [1.29, 1.82) is 0 Å². The predicted molar refractivity (Wildman–Crippen MR) is 86.1 cm³/mol. The van der Waals surface area contributed by atoms with Gasteiger partial charge in [0.25, 0.3) is 5.91 Å². The molecule has 0 bridgehead atoms. The third-order valence-corrected chi connectivity index (χ3v) is 3.84. The number of hydrogen-bond donors (Lipinski definition) is 2. The summed E-state index contributed by atoms with van der Waals surface area (Å²) in [5, 5.41) is 11.7. The number of nitrogens with one attached hydrogen (secondary N) is 1. The zero-order valence-corrected chi connectivity index (χ0v) is 13.6. The number of aliphatic hydroxyl groups is 1. The van der Waals surface area contributed by atoms with Crippen molar-refractivity contribution in [1.82, 2.24) is 5.32 Å². The summed E-state index contributed by atoms with van der Waals surface area (Å²) in [5.74, 6) is 5.82. The number of benzene rings is 1. The number of hydrogen-bond acceptors (Lipinski definition) is 2. The van der Waals surface area contributed by atoms with Gasteiger partial charge in [0.05, 0.1) is 0 Å². The van der Waals surface area contributed by atoms with E-state index in [9.17, 15) is 4.79 Å². The van der Waals surface area contributed by atoms with Crippen molar-refractivity contribution >= 4 is 5.91 Å². The number of rotatable bonds is 3. The summed E-state index contributed by atoms with van der Waals surface area (Å²) in [5.41, 5.74) is 2.59. The number of carbonyl (C=O) groups is 1. The summed E-state index contributed by atoms with van der Waals surface area (Å²) < 4.78 is 0. The molecule has 1 rings (SSSR count). The topological polar surface area (TPSA) is 49.3 Å². The van der Waals surface area contributed by atoms with E-state index in [-0.39, 0.29) is 17.9 Å². The lowest BCUT2D eigenvalue weighted by atomic mass is 9.82. The van der Waals surface area contributed by atoms with Crippen LogP contribution in [-0.4, -0.2) is 24.2 Å². The first-order valence-corrected chi connectivity index (χ1v) is 7.24. The highest BCUT2D eigenvalue weighted by Crippen LogP contribution is 2.24. The SMILES string of the molecule is Cc1cc(C(=O)NCC(C)C(C)(C)C)ccc1C#CCO. The fourth-order valence-corrected chi connectivity index (χ4v) is 1.73. The molecule has 0 aliphatic rings. The Labute approximate surface area is 127 Å². The van der Waals surface area contributed by atoms with Crippen molar-refractivity contribution < 1.29 is 9.90 Å². The van der Waals surface area contributed by atoms with Gasteiger partial charge in [0, 0.05) is 17.7 Å². The Hall–Kier alpha value is -1.79. The van der Waals surface area contributed by atoms with E-state index in [0.29, 0.717) is 18.0 Å². The van der Waals surface area contributed by atoms with E-state index in [0.717, 1.165) is 11.1 Å². The van der Waals surface area contributed by atoms with Gasteiger partial charge < -0.3 is 10.4 Å². The third-order valence-electron chi connectivity index (χ3n) is 3.84. The lowest BCUT2D eigenvalue weighted by Gasteiger charge is -2.27. The van der Waals surface area contributed by atoms with E-state index in [1.807, 2.05) is 19.1 Å². The molecule has 0 spiro atoms. The second kappa shape index (κ2) is 7.28. The lowest BCUT2D eigenvalue weighted by Crippen LogP contribution is -2.33. The maximum atomic E-state index is 12.2. The maximum absolute atomic E-state index is 12.2. The summed E-state index contributed by atoms with van der Waals surface area (Å²) in [7, 11) is 0. The molecular weight excluding hydrogens is 262 g/mol. The van der Waals surface area contributed by atoms with Crippen molar-refractivity contribution in [2.45, 2.75) is 34.6 Å². The largest absolute Gasteiger partial charge is 0.384 e. The van der Waals surface area contributed by atoms with Crippen LogP contribution in [-0.2, 0) is 0 Å². The molecule has 1 aromatic rings. The molecule has 21 heavy (non-hydrogen) atoms. The van der Waals surface area contributed by atoms with Gasteiger partial charge >= 0.3 is 0 Å². The van der Waals surface area contributed by atoms with E-state index >= 15 is 0 Å². The second-order valence-corrected chi connectivity index (χ2v) is 6.47. The van der Waals surface area contributed by atoms with E-state index in [2.05, 4.69) is 44.9 Å². The van der Waals surface area contributed by atoms with Crippen molar-refractivity contribution in [3.8, 4) is 11.8 Å². The summed E-state index contributed by atoms with van der Waals surface area (Å²) in [6.45, 7) is 11.1. The average molecular weight is 287 g/mol. The first-order chi connectivity index (χ1) is 9.75. The molecule has 1 aromatic carbocycles.